The molecule has 0 radical (unpaired) electrons. The molecule has 1 aromatic heterocycles. The molecule has 6 heteroatoms. The van der Waals surface area contributed by atoms with Crippen molar-refractivity contribution in [1.82, 2.24) is 25.5 Å². The van der Waals surface area contributed by atoms with Gasteiger partial charge in [-0.05, 0) is 64.4 Å². The Bertz CT molecular complexity index is 537. The van der Waals surface area contributed by atoms with Gasteiger partial charge in [-0.15, -0.1) is 5.10 Å². The van der Waals surface area contributed by atoms with E-state index in [1.807, 2.05) is 19.1 Å². The lowest BCUT2D eigenvalue weighted by molar-refractivity contribution is 0.550. The van der Waals surface area contributed by atoms with Gasteiger partial charge < -0.3 is 5.32 Å². The van der Waals surface area contributed by atoms with Crippen molar-refractivity contribution in [3.63, 3.8) is 0 Å². The number of nitrogens with one attached hydrogen (secondary N) is 1. The second-order valence-electron chi connectivity index (χ2n) is 4.18. The Labute approximate surface area is 115 Å². The number of aryl methyl sites for hydroxylation is 1. The summed E-state index contributed by atoms with van der Waals surface area (Å²) < 4.78 is 2.75. The van der Waals surface area contributed by atoms with Crippen LogP contribution in [0.2, 0.25) is 0 Å². The summed E-state index contributed by atoms with van der Waals surface area (Å²) >= 11 is 3.55. The third-order valence-corrected chi connectivity index (χ3v) is 3.36. The molecule has 2 aromatic rings. The van der Waals surface area contributed by atoms with Gasteiger partial charge in [0.25, 0.3) is 0 Å². The van der Waals surface area contributed by atoms with Crippen molar-refractivity contribution in [1.29, 1.82) is 0 Å². The van der Waals surface area contributed by atoms with Crippen molar-refractivity contribution >= 4 is 15.9 Å². The molecule has 0 aliphatic heterocycles. The van der Waals surface area contributed by atoms with Crippen molar-refractivity contribution in [2.24, 2.45) is 0 Å². The van der Waals surface area contributed by atoms with Crippen molar-refractivity contribution in [3.8, 4) is 5.69 Å². The first-order chi connectivity index (χ1) is 8.63. The lowest BCUT2D eigenvalue weighted by atomic mass is 10.2. The molecule has 1 N–H and O–H groups in total. The van der Waals surface area contributed by atoms with Gasteiger partial charge in [-0.2, -0.15) is 4.68 Å². The van der Waals surface area contributed by atoms with Crippen LogP contribution in [0.15, 0.2) is 22.7 Å². The fourth-order valence-electron chi connectivity index (χ4n) is 1.82. The maximum Gasteiger partial charge on any atom is 0.173 e. The minimum absolute atomic E-state index is 0.109. The fraction of sp³-hybridized carbons (Fsp3) is 0.417. The third kappa shape index (κ3) is 2.59. The molecule has 96 valence electrons. The van der Waals surface area contributed by atoms with Gasteiger partial charge in [0, 0.05) is 4.47 Å². The van der Waals surface area contributed by atoms with E-state index < -0.39 is 0 Å². The van der Waals surface area contributed by atoms with Crippen molar-refractivity contribution in [2.45, 2.75) is 26.8 Å². The molecule has 0 amide bonds. The van der Waals surface area contributed by atoms with Gasteiger partial charge in [0.2, 0.25) is 0 Å². The van der Waals surface area contributed by atoms with Crippen molar-refractivity contribution in [2.75, 3.05) is 6.54 Å². The molecule has 0 saturated carbocycles. The molecular formula is C12H16BrN5. The maximum absolute atomic E-state index is 4.09. The number of nitrogens with zero attached hydrogens (tertiary/aromatic N) is 4. The first kappa shape index (κ1) is 13.2. The van der Waals surface area contributed by atoms with Crippen LogP contribution in [0.3, 0.4) is 0 Å². The molecule has 1 heterocycles. The quantitative estimate of drug-likeness (QED) is 0.942. The molecule has 1 unspecified atom stereocenters. The van der Waals surface area contributed by atoms with Gasteiger partial charge in [0.15, 0.2) is 5.82 Å². The van der Waals surface area contributed by atoms with E-state index in [9.17, 15) is 0 Å². The van der Waals surface area contributed by atoms with Gasteiger partial charge in [0.1, 0.15) is 0 Å². The number of aromatic nitrogens is 4. The first-order valence-corrected chi connectivity index (χ1v) is 6.71. The number of hydrogen-bond donors (Lipinski definition) is 1. The van der Waals surface area contributed by atoms with Gasteiger partial charge in [-0.1, -0.05) is 13.0 Å². The zero-order valence-corrected chi connectivity index (χ0v) is 12.3. The monoisotopic (exact) mass is 309 g/mol. The van der Waals surface area contributed by atoms with Gasteiger partial charge >= 0.3 is 0 Å². The van der Waals surface area contributed by atoms with E-state index in [4.69, 9.17) is 0 Å². The van der Waals surface area contributed by atoms with Crippen LogP contribution in [0.1, 0.15) is 31.3 Å². The Hall–Kier alpha value is -1.27. The highest BCUT2D eigenvalue weighted by Gasteiger charge is 2.16. The molecule has 0 spiro atoms. The topological polar surface area (TPSA) is 55.6 Å². The minimum Gasteiger partial charge on any atom is -0.308 e. The second kappa shape index (κ2) is 5.58. The van der Waals surface area contributed by atoms with E-state index in [-0.39, 0.29) is 6.04 Å². The van der Waals surface area contributed by atoms with Crippen LogP contribution < -0.4 is 5.32 Å². The van der Waals surface area contributed by atoms with Crippen LogP contribution in [0.25, 0.3) is 5.69 Å². The molecule has 0 saturated heterocycles. The van der Waals surface area contributed by atoms with Crippen LogP contribution in [0.4, 0.5) is 0 Å². The highest BCUT2D eigenvalue weighted by atomic mass is 79.9. The van der Waals surface area contributed by atoms with Crippen molar-refractivity contribution < 1.29 is 0 Å². The highest BCUT2D eigenvalue weighted by Crippen LogP contribution is 2.23. The number of hydrogen-bond acceptors (Lipinski definition) is 4. The summed E-state index contributed by atoms with van der Waals surface area (Å²) in [5, 5.41) is 15.2. The molecule has 5 nitrogen and oxygen atoms in total. The largest absolute Gasteiger partial charge is 0.308 e. The first-order valence-electron chi connectivity index (χ1n) is 5.91. The standard InChI is InChI=1S/C12H16BrN5/c1-4-14-9(3)12-15-16-17-18(12)11-6-5-8(2)7-10(11)13/h5-7,9,14H,4H2,1-3H3. The highest BCUT2D eigenvalue weighted by molar-refractivity contribution is 9.10. The zero-order valence-electron chi connectivity index (χ0n) is 10.7. The molecule has 1 aromatic carbocycles. The second-order valence-corrected chi connectivity index (χ2v) is 5.04. The van der Waals surface area contributed by atoms with Crippen LogP contribution >= 0.6 is 15.9 Å². The van der Waals surface area contributed by atoms with E-state index in [1.54, 1.807) is 4.68 Å². The van der Waals surface area contributed by atoms with Crippen LogP contribution in [0.5, 0.6) is 0 Å². The van der Waals surface area contributed by atoms with Crippen LogP contribution in [-0.4, -0.2) is 26.8 Å². The summed E-state index contributed by atoms with van der Waals surface area (Å²) in [6.45, 7) is 7.04. The van der Waals surface area contributed by atoms with Crippen LogP contribution in [0, 0.1) is 6.92 Å². The summed E-state index contributed by atoms with van der Waals surface area (Å²) in [6.07, 6.45) is 0. The molecule has 0 bridgehead atoms. The zero-order chi connectivity index (χ0) is 13.1. The summed E-state index contributed by atoms with van der Waals surface area (Å²) in [6, 6.07) is 6.22. The molecule has 0 aliphatic rings. The van der Waals surface area contributed by atoms with E-state index in [0.29, 0.717) is 0 Å². The lowest BCUT2D eigenvalue weighted by Crippen LogP contribution is -2.21. The molecular weight excluding hydrogens is 294 g/mol. The lowest BCUT2D eigenvalue weighted by Gasteiger charge is -2.13. The van der Waals surface area contributed by atoms with E-state index in [0.717, 1.165) is 22.5 Å². The minimum atomic E-state index is 0.109. The molecule has 0 fully saturated rings. The number of rotatable bonds is 4. The predicted molar refractivity (Wildman–Crippen MR) is 73.7 cm³/mol. The Morgan fingerprint density at radius 1 is 1.44 bits per heavy atom. The Morgan fingerprint density at radius 2 is 2.22 bits per heavy atom. The van der Waals surface area contributed by atoms with E-state index >= 15 is 0 Å². The molecule has 0 aliphatic carbocycles. The summed E-state index contributed by atoms with van der Waals surface area (Å²) in [4.78, 5) is 0. The summed E-state index contributed by atoms with van der Waals surface area (Å²) in [7, 11) is 0. The number of halogens is 1. The maximum atomic E-state index is 4.09. The predicted octanol–water partition coefficient (Wildman–Crippen LogP) is 2.40. The Kier molecular flexibility index (Phi) is 4.08. The average molecular weight is 310 g/mol. The molecule has 2 rings (SSSR count). The SMILES string of the molecule is CCNC(C)c1nnnn1-c1ccc(C)cc1Br. The average Bonchev–Trinajstić information content (AvgIpc) is 2.78. The van der Waals surface area contributed by atoms with E-state index in [1.165, 1.54) is 5.56 Å². The number of benzene rings is 1. The molecule has 1 atom stereocenters. The third-order valence-electron chi connectivity index (χ3n) is 2.72. The van der Waals surface area contributed by atoms with Crippen LogP contribution in [-0.2, 0) is 0 Å². The smallest absolute Gasteiger partial charge is 0.173 e. The molecule has 18 heavy (non-hydrogen) atoms. The number of tetrazole rings is 1. The fourth-order valence-corrected chi connectivity index (χ4v) is 2.48. The van der Waals surface area contributed by atoms with E-state index in [2.05, 4.69) is 56.7 Å². The van der Waals surface area contributed by atoms with Gasteiger partial charge in [-0.3, -0.25) is 0 Å². The van der Waals surface area contributed by atoms with Gasteiger partial charge in [-0.25, -0.2) is 0 Å². The summed E-state index contributed by atoms with van der Waals surface area (Å²) in [5.41, 5.74) is 2.14. The Morgan fingerprint density at radius 3 is 2.89 bits per heavy atom. The Balaban J connectivity index is 2.42. The van der Waals surface area contributed by atoms with Gasteiger partial charge in [0.05, 0.1) is 11.7 Å². The summed E-state index contributed by atoms with van der Waals surface area (Å²) in [5.74, 6) is 0.807. The normalized spacial score (nSPS) is 12.7. The van der Waals surface area contributed by atoms with Crippen molar-refractivity contribution in [3.05, 3.63) is 34.1 Å².